The van der Waals surface area contributed by atoms with Crippen molar-refractivity contribution < 1.29 is 19.7 Å². The molecule has 114 valence electrons. The molecule has 1 fully saturated rings. The highest BCUT2D eigenvalue weighted by atomic mass is 16.5. The number of aromatic nitrogens is 2. The van der Waals surface area contributed by atoms with Crippen LogP contribution >= 0.6 is 0 Å². The van der Waals surface area contributed by atoms with Crippen molar-refractivity contribution in [2.24, 2.45) is 0 Å². The first kappa shape index (κ1) is 15.2. The van der Waals surface area contributed by atoms with Gasteiger partial charge < -0.3 is 14.9 Å². The minimum absolute atomic E-state index is 0.125. The topological polar surface area (TPSA) is 122 Å². The maximum atomic E-state index is 11.8. The zero-order valence-corrected chi connectivity index (χ0v) is 11.2. The van der Waals surface area contributed by atoms with Gasteiger partial charge in [0.2, 0.25) is 0 Å². The van der Waals surface area contributed by atoms with Crippen molar-refractivity contribution in [1.29, 1.82) is 0 Å². The number of aliphatic hydroxyl groups excluding tert-OH is 1. The van der Waals surface area contributed by atoms with Gasteiger partial charge in [0.25, 0.3) is 5.56 Å². The molecule has 0 bridgehead atoms. The Bertz CT molecular complexity index is 659. The maximum absolute atomic E-state index is 11.8. The molecule has 3 N–H and O–H groups in total. The molecule has 0 amide bonds. The second-order valence-corrected chi connectivity index (χ2v) is 4.72. The van der Waals surface area contributed by atoms with E-state index in [0.717, 1.165) is 0 Å². The Morgan fingerprint density at radius 2 is 2.24 bits per heavy atom. The Morgan fingerprint density at radius 1 is 1.48 bits per heavy atom. The summed E-state index contributed by atoms with van der Waals surface area (Å²) in [6.07, 6.45) is 4.11. The van der Waals surface area contributed by atoms with Crippen LogP contribution in [-0.4, -0.2) is 38.4 Å². The number of aromatic amines is 1. The van der Waals surface area contributed by atoms with Crippen LogP contribution in [0.2, 0.25) is 0 Å². The quantitative estimate of drug-likeness (QED) is 0.685. The third-order valence-electron chi connectivity index (χ3n) is 3.18. The van der Waals surface area contributed by atoms with Gasteiger partial charge in [0.1, 0.15) is 6.23 Å². The molecule has 8 nitrogen and oxygen atoms in total. The van der Waals surface area contributed by atoms with E-state index in [0.29, 0.717) is 12.8 Å². The molecule has 0 aliphatic carbocycles. The lowest BCUT2D eigenvalue weighted by Gasteiger charge is -2.15. The number of ether oxygens (including phenoxy) is 1. The van der Waals surface area contributed by atoms with Crippen molar-refractivity contribution in [3.05, 3.63) is 38.7 Å². The number of hydrogen-bond acceptors (Lipinski definition) is 5. The smallest absolute Gasteiger partial charge is 0.330 e. The van der Waals surface area contributed by atoms with Crippen LogP contribution in [0.15, 0.2) is 21.9 Å². The van der Waals surface area contributed by atoms with Gasteiger partial charge in [-0.05, 0) is 12.8 Å². The minimum Gasteiger partial charge on any atom is -0.481 e. The van der Waals surface area contributed by atoms with Crippen LogP contribution in [0.5, 0.6) is 0 Å². The molecule has 2 heterocycles. The Labute approximate surface area is 119 Å². The van der Waals surface area contributed by atoms with Crippen molar-refractivity contribution in [2.75, 3.05) is 6.61 Å². The summed E-state index contributed by atoms with van der Waals surface area (Å²) in [4.78, 5) is 36.1. The third kappa shape index (κ3) is 3.67. The molecule has 1 aromatic rings. The van der Waals surface area contributed by atoms with Crippen LogP contribution in [0.25, 0.3) is 6.08 Å². The van der Waals surface area contributed by atoms with E-state index in [4.69, 9.17) is 14.9 Å². The summed E-state index contributed by atoms with van der Waals surface area (Å²) in [5.41, 5.74) is -1.01. The van der Waals surface area contributed by atoms with Crippen molar-refractivity contribution in [2.45, 2.75) is 31.6 Å². The first-order valence-corrected chi connectivity index (χ1v) is 6.51. The number of hydrogen-bond donors (Lipinski definition) is 3. The maximum Gasteiger partial charge on any atom is 0.330 e. The molecule has 0 spiro atoms. The van der Waals surface area contributed by atoms with Gasteiger partial charge in [0.15, 0.2) is 0 Å². The van der Waals surface area contributed by atoms with Gasteiger partial charge in [-0.1, -0.05) is 12.2 Å². The molecular formula is C13H16N2O6. The lowest BCUT2D eigenvalue weighted by molar-refractivity contribution is -0.135. The first-order chi connectivity index (χ1) is 10.0. The minimum atomic E-state index is -1.01. The summed E-state index contributed by atoms with van der Waals surface area (Å²) in [7, 11) is 0. The fourth-order valence-corrected chi connectivity index (χ4v) is 2.15. The number of carbonyl (C=O) groups is 1. The van der Waals surface area contributed by atoms with Gasteiger partial charge in [-0.25, -0.2) is 4.79 Å². The van der Waals surface area contributed by atoms with Crippen LogP contribution < -0.4 is 11.2 Å². The molecule has 1 aromatic heterocycles. The fourth-order valence-electron chi connectivity index (χ4n) is 2.15. The molecule has 0 radical (unpaired) electrons. The monoisotopic (exact) mass is 296 g/mol. The van der Waals surface area contributed by atoms with Crippen molar-refractivity contribution >= 4 is 12.0 Å². The predicted octanol–water partition coefficient (Wildman–Crippen LogP) is -0.306. The normalized spacial score (nSPS) is 22.0. The molecule has 1 aliphatic rings. The van der Waals surface area contributed by atoms with E-state index in [9.17, 15) is 14.4 Å². The van der Waals surface area contributed by atoms with Crippen LogP contribution in [0.3, 0.4) is 0 Å². The highest BCUT2D eigenvalue weighted by molar-refractivity contribution is 5.70. The average Bonchev–Trinajstić information content (AvgIpc) is 2.89. The third-order valence-corrected chi connectivity index (χ3v) is 3.18. The average molecular weight is 296 g/mol. The SMILES string of the molecule is O=C(O)C/C=C/c1cn([C@H]2CC[C@@H](CO)O2)c(=O)[nH]c1=O. The molecule has 1 aliphatic heterocycles. The molecular weight excluding hydrogens is 280 g/mol. The largest absolute Gasteiger partial charge is 0.481 e. The number of nitrogens with zero attached hydrogens (tertiary/aromatic N) is 1. The summed E-state index contributed by atoms with van der Waals surface area (Å²) in [6.45, 7) is -0.125. The molecule has 21 heavy (non-hydrogen) atoms. The number of nitrogens with one attached hydrogen (secondary N) is 1. The molecule has 1 saturated heterocycles. The number of carboxylic acid groups (broad SMARTS) is 1. The van der Waals surface area contributed by atoms with E-state index in [1.54, 1.807) is 0 Å². The molecule has 0 unspecified atom stereocenters. The van der Waals surface area contributed by atoms with Crippen molar-refractivity contribution in [1.82, 2.24) is 9.55 Å². The number of aliphatic hydroxyl groups is 1. The van der Waals surface area contributed by atoms with E-state index in [1.165, 1.54) is 22.9 Å². The number of carboxylic acids is 1. The van der Waals surface area contributed by atoms with E-state index in [2.05, 4.69) is 4.98 Å². The van der Waals surface area contributed by atoms with Crippen molar-refractivity contribution in [3.63, 3.8) is 0 Å². The van der Waals surface area contributed by atoms with E-state index in [-0.39, 0.29) is 24.7 Å². The Morgan fingerprint density at radius 3 is 2.86 bits per heavy atom. The standard InChI is InChI=1S/C13H16N2O6/c16-7-9-4-5-10(21-9)15-6-8(2-1-3-11(17)18)12(19)14-13(15)20/h1-2,6,9-10,16H,3-5,7H2,(H,17,18)(H,14,19,20)/b2-1+/t9-,10+/m0/s1. The second-order valence-electron chi connectivity index (χ2n) is 4.72. The second kappa shape index (κ2) is 6.51. The van der Waals surface area contributed by atoms with E-state index < -0.39 is 23.4 Å². The first-order valence-electron chi connectivity index (χ1n) is 6.51. The lowest BCUT2D eigenvalue weighted by atomic mass is 10.2. The van der Waals surface area contributed by atoms with Crippen LogP contribution in [0.1, 0.15) is 31.1 Å². The summed E-state index contributed by atoms with van der Waals surface area (Å²) >= 11 is 0. The summed E-state index contributed by atoms with van der Waals surface area (Å²) in [6, 6.07) is 0. The Balaban J connectivity index is 2.27. The van der Waals surface area contributed by atoms with E-state index >= 15 is 0 Å². The molecule has 0 saturated carbocycles. The highest BCUT2D eigenvalue weighted by Crippen LogP contribution is 2.26. The fraction of sp³-hybridized carbons (Fsp3) is 0.462. The van der Waals surface area contributed by atoms with Crippen LogP contribution in [0, 0.1) is 0 Å². The zero-order valence-electron chi connectivity index (χ0n) is 11.2. The number of rotatable bonds is 5. The summed E-state index contributed by atoms with van der Waals surface area (Å²) in [5.74, 6) is -1.01. The van der Waals surface area contributed by atoms with Gasteiger partial charge in [-0.15, -0.1) is 0 Å². The predicted molar refractivity (Wildman–Crippen MR) is 72.8 cm³/mol. The number of H-pyrrole nitrogens is 1. The Hall–Kier alpha value is -2.19. The van der Waals surface area contributed by atoms with E-state index in [1.807, 2.05) is 0 Å². The number of aliphatic carboxylic acids is 1. The van der Waals surface area contributed by atoms with Gasteiger partial charge in [0.05, 0.1) is 24.7 Å². The zero-order chi connectivity index (χ0) is 15.4. The molecule has 0 aromatic carbocycles. The van der Waals surface area contributed by atoms with Gasteiger partial charge >= 0.3 is 11.7 Å². The van der Waals surface area contributed by atoms with Crippen LogP contribution in [-0.2, 0) is 9.53 Å². The summed E-state index contributed by atoms with van der Waals surface area (Å²) < 4.78 is 6.74. The molecule has 2 rings (SSSR count). The van der Waals surface area contributed by atoms with Gasteiger partial charge in [-0.3, -0.25) is 19.1 Å². The Kier molecular flexibility index (Phi) is 4.71. The lowest BCUT2D eigenvalue weighted by Crippen LogP contribution is -2.33. The molecule has 2 atom stereocenters. The molecule has 8 heteroatoms. The highest BCUT2D eigenvalue weighted by Gasteiger charge is 2.26. The van der Waals surface area contributed by atoms with Crippen molar-refractivity contribution in [3.8, 4) is 0 Å². The summed E-state index contributed by atoms with van der Waals surface area (Å²) in [5, 5.41) is 17.6. The van der Waals surface area contributed by atoms with Gasteiger partial charge in [0, 0.05) is 6.20 Å². The van der Waals surface area contributed by atoms with Crippen LogP contribution in [0.4, 0.5) is 0 Å². The van der Waals surface area contributed by atoms with Gasteiger partial charge in [-0.2, -0.15) is 0 Å².